The average Bonchev–Trinajstić information content (AvgIpc) is 2.58. The number of amides is 2. The highest BCUT2D eigenvalue weighted by atomic mass is 19.3. The Morgan fingerprint density at radius 2 is 1.89 bits per heavy atom. The molecule has 2 unspecified atom stereocenters. The highest BCUT2D eigenvalue weighted by molar-refractivity contribution is 5.93. The number of hydrogen-bond donors (Lipinski definition) is 3. The smallest absolute Gasteiger partial charge is 0.251 e. The molecule has 0 aromatic heterocycles. The molecule has 27 heavy (non-hydrogen) atoms. The molecule has 1 aromatic carbocycles. The van der Waals surface area contributed by atoms with Crippen LogP contribution in [0.15, 0.2) is 18.2 Å². The average molecular weight is 385 g/mol. The topological polar surface area (TPSA) is 106 Å². The summed E-state index contributed by atoms with van der Waals surface area (Å²) in [5.41, 5.74) is 10.4. The van der Waals surface area contributed by atoms with Gasteiger partial charge in [-0.05, 0) is 49.7 Å². The summed E-state index contributed by atoms with van der Waals surface area (Å²) in [7, 11) is 0. The largest absolute Gasteiger partial charge is 0.393 e. The molecule has 1 aliphatic rings. The molecule has 8 heteroatoms. The standard InChI is InChI=1S/C19H24F3N2O3/c20-16-12(2-1-3-14(16)17(23)26)4-5-13(25)10-15(18(24)27)11-6-8-19(21,22)9-7-11/h1-3,5,11,13,15,25H,4,6-10H2,(H2,23,26)(H2,24,27). The zero-order valence-electron chi connectivity index (χ0n) is 14.8. The Bertz CT molecular complexity index is 687. The summed E-state index contributed by atoms with van der Waals surface area (Å²) < 4.78 is 40.8. The fourth-order valence-corrected chi connectivity index (χ4v) is 3.55. The van der Waals surface area contributed by atoms with Crippen molar-refractivity contribution in [2.75, 3.05) is 0 Å². The Kier molecular flexibility index (Phi) is 6.86. The van der Waals surface area contributed by atoms with Gasteiger partial charge in [0, 0.05) is 18.8 Å². The summed E-state index contributed by atoms with van der Waals surface area (Å²) in [6.07, 6.45) is 0.0764. The molecule has 5 nitrogen and oxygen atoms in total. The van der Waals surface area contributed by atoms with Crippen molar-refractivity contribution in [1.82, 2.24) is 0 Å². The van der Waals surface area contributed by atoms with E-state index in [9.17, 15) is 27.9 Å². The van der Waals surface area contributed by atoms with E-state index in [1.807, 2.05) is 0 Å². The van der Waals surface area contributed by atoms with Crippen LogP contribution in [0.4, 0.5) is 13.2 Å². The minimum Gasteiger partial charge on any atom is -0.393 e. The fourth-order valence-electron chi connectivity index (χ4n) is 3.55. The lowest BCUT2D eigenvalue weighted by Crippen LogP contribution is -2.37. The Morgan fingerprint density at radius 3 is 2.44 bits per heavy atom. The van der Waals surface area contributed by atoms with Gasteiger partial charge in [-0.1, -0.05) is 12.1 Å². The second-order valence-electron chi connectivity index (χ2n) is 7.09. The zero-order valence-corrected chi connectivity index (χ0v) is 14.8. The van der Waals surface area contributed by atoms with Gasteiger partial charge in [0.25, 0.3) is 5.91 Å². The lowest BCUT2D eigenvalue weighted by molar-refractivity contribution is -0.127. The molecule has 1 saturated carbocycles. The first-order valence-corrected chi connectivity index (χ1v) is 8.86. The molecule has 5 N–H and O–H groups in total. The van der Waals surface area contributed by atoms with Crippen LogP contribution in [-0.4, -0.2) is 28.9 Å². The molecule has 1 radical (unpaired) electrons. The summed E-state index contributed by atoms with van der Waals surface area (Å²) >= 11 is 0. The predicted octanol–water partition coefficient (Wildman–Crippen LogP) is 2.35. The van der Waals surface area contributed by atoms with Crippen molar-refractivity contribution in [3.63, 3.8) is 0 Å². The van der Waals surface area contributed by atoms with E-state index in [-0.39, 0.29) is 55.6 Å². The molecule has 2 rings (SSSR count). The highest BCUT2D eigenvalue weighted by Crippen LogP contribution is 2.40. The molecular weight excluding hydrogens is 361 g/mol. The van der Waals surface area contributed by atoms with E-state index < -0.39 is 35.6 Å². The van der Waals surface area contributed by atoms with Gasteiger partial charge in [0.1, 0.15) is 5.82 Å². The molecular formula is C19H24F3N2O3. The molecule has 0 heterocycles. The molecule has 0 spiro atoms. The van der Waals surface area contributed by atoms with Crippen molar-refractivity contribution in [2.45, 2.75) is 50.6 Å². The van der Waals surface area contributed by atoms with Crippen LogP contribution in [0, 0.1) is 24.1 Å². The molecule has 2 atom stereocenters. The molecule has 0 aliphatic heterocycles. The predicted molar refractivity (Wildman–Crippen MR) is 93.1 cm³/mol. The number of carbonyl (C=O) groups excluding carboxylic acids is 2. The zero-order chi connectivity index (χ0) is 20.2. The highest BCUT2D eigenvalue weighted by Gasteiger charge is 2.39. The van der Waals surface area contributed by atoms with Crippen molar-refractivity contribution in [1.29, 1.82) is 0 Å². The maximum Gasteiger partial charge on any atom is 0.251 e. The van der Waals surface area contributed by atoms with Crippen molar-refractivity contribution in [3.8, 4) is 0 Å². The van der Waals surface area contributed by atoms with Gasteiger partial charge >= 0.3 is 0 Å². The van der Waals surface area contributed by atoms with Crippen LogP contribution in [0.1, 0.15) is 48.0 Å². The molecule has 1 aliphatic carbocycles. The van der Waals surface area contributed by atoms with Crippen molar-refractivity contribution >= 4 is 11.8 Å². The Balaban J connectivity index is 1.95. The van der Waals surface area contributed by atoms with Crippen molar-refractivity contribution in [2.24, 2.45) is 23.3 Å². The van der Waals surface area contributed by atoms with Gasteiger partial charge in [0.2, 0.25) is 11.8 Å². The first kappa shape index (κ1) is 21.2. The van der Waals surface area contributed by atoms with Gasteiger partial charge in [-0.3, -0.25) is 9.59 Å². The monoisotopic (exact) mass is 385 g/mol. The molecule has 1 fully saturated rings. The third-order valence-corrected chi connectivity index (χ3v) is 5.15. The normalized spacial score (nSPS) is 19.4. The fraction of sp³-hybridized carbons (Fsp3) is 0.526. The second-order valence-corrected chi connectivity index (χ2v) is 7.09. The van der Waals surface area contributed by atoms with Gasteiger partial charge in [0.05, 0.1) is 11.7 Å². The van der Waals surface area contributed by atoms with Gasteiger partial charge in [0.15, 0.2) is 0 Å². The van der Waals surface area contributed by atoms with Crippen LogP contribution >= 0.6 is 0 Å². The number of alkyl halides is 2. The quantitative estimate of drug-likeness (QED) is 0.639. The van der Waals surface area contributed by atoms with E-state index in [1.165, 1.54) is 24.6 Å². The Morgan fingerprint density at radius 1 is 1.26 bits per heavy atom. The summed E-state index contributed by atoms with van der Waals surface area (Å²) in [5.74, 6) is -6.03. The third-order valence-electron chi connectivity index (χ3n) is 5.15. The second kappa shape index (κ2) is 8.73. The summed E-state index contributed by atoms with van der Waals surface area (Å²) in [5, 5.41) is 10.2. The van der Waals surface area contributed by atoms with E-state index in [1.54, 1.807) is 0 Å². The first-order chi connectivity index (χ1) is 12.6. The van der Waals surface area contributed by atoms with Crippen LogP contribution in [0.5, 0.6) is 0 Å². The number of benzene rings is 1. The van der Waals surface area contributed by atoms with Gasteiger partial charge in [-0.2, -0.15) is 0 Å². The minimum atomic E-state index is -2.72. The Labute approximate surface area is 155 Å². The minimum absolute atomic E-state index is 0.0112. The molecule has 1 aromatic rings. The molecule has 0 bridgehead atoms. The van der Waals surface area contributed by atoms with E-state index in [0.717, 1.165) is 0 Å². The number of carbonyl (C=O) groups is 2. The van der Waals surface area contributed by atoms with Gasteiger partial charge in [-0.15, -0.1) is 0 Å². The van der Waals surface area contributed by atoms with Crippen LogP contribution < -0.4 is 11.5 Å². The number of primary amides is 2. The van der Waals surface area contributed by atoms with Gasteiger partial charge in [-0.25, -0.2) is 13.2 Å². The lowest BCUT2D eigenvalue weighted by Gasteiger charge is -2.33. The van der Waals surface area contributed by atoms with Crippen molar-refractivity contribution < 1.29 is 27.9 Å². The number of aliphatic hydroxyl groups is 1. The number of halogens is 3. The number of rotatable bonds is 8. The van der Waals surface area contributed by atoms with Gasteiger partial charge < -0.3 is 16.6 Å². The maximum atomic E-state index is 14.2. The third kappa shape index (κ3) is 5.69. The van der Waals surface area contributed by atoms with E-state index in [4.69, 9.17) is 11.5 Å². The van der Waals surface area contributed by atoms with Crippen LogP contribution in [0.2, 0.25) is 0 Å². The molecule has 149 valence electrons. The van der Waals surface area contributed by atoms with E-state index in [0.29, 0.717) is 0 Å². The molecule has 0 saturated heterocycles. The summed E-state index contributed by atoms with van der Waals surface area (Å²) in [6, 6.07) is 4.20. The van der Waals surface area contributed by atoms with Crippen LogP contribution in [0.3, 0.4) is 0 Å². The summed E-state index contributed by atoms with van der Waals surface area (Å²) in [6.45, 7) is 0. The Hall–Kier alpha value is -2.09. The summed E-state index contributed by atoms with van der Waals surface area (Å²) in [4.78, 5) is 22.9. The first-order valence-electron chi connectivity index (χ1n) is 8.86. The van der Waals surface area contributed by atoms with Crippen molar-refractivity contribution in [3.05, 3.63) is 41.6 Å². The number of hydrogen-bond acceptors (Lipinski definition) is 3. The number of nitrogens with two attached hydrogens (primary N) is 2. The maximum absolute atomic E-state index is 14.2. The number of aliphatic hydroxyl groups excluding tert-OH is 1. The van der Waals surface area contributed by atoms with Crippen LogP contribution in [-0.2, 0) is 11.2 Å². The SMILES string of the molecule is NC(=O)c1cccc(C[CH]C(O)CC(C(N)=O)C2CCC(F)(F)CC2)c1F. The van der Waals surface area contributed by atoms with E-state index in [2.05, 4.69) is 0 Å². The van der Waals surface area contributed by atoms with E-state index >= 15 is 0 Å². The lowest BCUT2D eigenvalue weighted by atomic mass is 9.76. The molecule has 2 amide bonds. The van der Waals surface area contributed by atoms with Crippen LogP contribution in [0.25, 0.3) is 0 Å².